The van der Waals surface area contributed by atoms with Crippen molar-refractivity contribution in [3.05, 3.63) is 65.2 Å². The zero-order chi connectivity index (χ0) is 13.2. The fourth-order valence-corrected chi connectivity index (χ4v) is 2.57. The Morgan fingerprint density at radius 1 is 1.21 bits per heavy atom. The van der Waals surface area contributed by atoms with Crippen molar-refractivity contribution in [3.63, 3.8) is 0 Å². The standard InChI is InChI=1S/C17H18O2/c1-12(18)13-6-4-7-16(10-13)19-11-15-9-14-5-2-3-8-17(14)15/h2-8,10,12,15,18H,9,11H2,1H3/t12-,15?/m1/s1. The Bertz CT molecular complexity index is 575. The lowest BCUT2D eigenvalue weighted by molar-refractivity contribution is 0.198. The molecular formula is C17H18O2. The van der Waals surface area contributed by atoms with Gasteiger partial charge in [0, 0.05) is 5.92 Å². The molecule has 2 aromatic rings. The van der Waals surface area contributed by atoms with E-state index in [2.05, 4.69) is 24.3 Å². The molecule has 2 heteroatoms. The number of benzene rings is 2. The first-order valence-electron chi connectivity index (χ1n) is 6.72. The van der Waals surface area contributed by atoms with Gasteiger partial charge in [-0.15, -0.1) is 0 Å². The highest BCUT2D eigenvalue weighted by molar-refractivity contribution is 5.40. The first-order valence-corrected chi connectivity index (χ1v) is 6.72. The van der Waals surface area contributed by atoms with Gasteiger partial charge in [0.2, 0.25) is 0 Å². The quantitative estimate of drug-likeness (QED) is 0.905. The number of aliphatic hydroxyl groups excluding tert-OH is 1. The van der Waals surface area contributed by atoms with Crippen LogP contribution in [0.3, 0.4) is 0 Å². The highest BCUT2D eigenvalue weighted by atomic mass is 16.5. The van der Waals surface area contributed by atoms with Gasteiger partial charge in [0.05, 0.1) is 12.7 Å². The number of fused-ring (bicyclic) bond motifs is 1. The molecule has 0 fully saturated rings. The van der Waals surface area contributed by atoms with Crippen molar-refractivity contribution in [1.82, 2.24) is 0 Å². The van der Waals surface area contributed by atoms with E-state index in [0.29, 0.717) is 12.5 Å². The second kappa shape index (κ2) is 5.06. The molecule has 0 bridgehead atoms. The normalized spacial score (nSPS) is 18.3. The van der Waals surface area contributed by atoms with Crippen molar-refractivity contribution < 1.29 is 9.84 Å². The summed E-state index contributed by atoms with van der Waals surface area (Å²) >= 11 is 0. The summed E-state index contributed by atoms with van der Waals surface area (Å²) in [6.07, 6.45) is 0.652. The van der Waals surface area contributed by atoms with Crippen LogP contribution in [0.25, 0.3) is 0 Å². The van der Waals surface area contributed by atoms with Gasteiger partial charge in [-0.3, -0.25) is 0 Å². The van der Waals surface area contributed by atoms with Gasteiger partial charge in [-0.05, 0) is 42.2 Å². The molecule has 1 aliphatic carbocycles. The summed E-state index contributed by atoms with van der Waals surface area (Å²) in [4.78, 5) is 0. The molecule has 0 spiro atoms. The van der Waals surface area contributed by atoms with Crippen molar-refractivity contribution in [1.29, 1.82) is 0 Å². The molecule has 2 atom stereocenters. The second-order valence-electron chi connectivity index (χ2n) is 5.16. The van der Waals surface area contributed by atoms with Crippen LogP contribution in [0.4, 0.5) is 0 Å². The lowest BCUT2D eigenvalue weighted by atomic mass is 9.78. The Labute approximate surface area is 113 Å². The van der Waals surface area contributed by atoms with Crippen LogP contribution in [0.2, 0.25) is 0 Å². The Morgan fingerprint density at radius 3 is 2.84 bits per heavy atom. The molecule has 0 heterocycles. The van der Waals surface area contributed by atoms with Crippen LogP contribution in [0, 0.1) is 0 Å². The largest absolute Gasteiger partial charge is 0.493 e. The predicted molar refractivity (Wildman–Crippen MR) is 75.5 cm³/mol. The van der Waals surface area contributed by atoms with E-state index in [9.17, 15) is 5.11 Å². The number of hydrogen-bond donors (Lipinski definition) is 1. The van der Waals surface area contributed by atoms with E-state index in [-0.39, 0.29) is 0 Å². The predicted octanol–water partition coefficient (Wildman–Crippen LogP) is 3.46. The first-order chi connectivity index (χ1) is 9.24. The molecule has 3 rings (SSSR count). The summed E-state index contributed by atoms with van der Waals surface area (Å²) in [7, 11) is 0. The molecule has 0 aliphatic heterocycles. The van der Waals surface area contributed by atoms with E-state index in [0.717, 1.165) is 17.7 Å². The van der Waals surface area contributed by atoms with Crippen molar-refractivity contribution in [2.75, 3.05) is 6.61 Å². The third kappa shape index (κ3) is 2.49. The van der Waals surface area contributed by atoms with E-state index in [4.69, 9.17) is 4.74 Å². The highest BCUT2D eigenvalue weighted by Crippen LogP contribution is 2.35. The van der Waals surface area contributed by atoms with Crippen LogP contribution >= 0.6 is 0 Å². The van der Waals surface area contributed by atoms with E-state index in [1.807, 2.05) is 24.3 Å². The van der Waals surface area contributed by atoms with Gasteiger partial charge >= 0.3 is 0 Å². The van der Waals surface area contributed by atoms with Gasteiger partial charge in [-0.1, -0.05) is 36.4 Å². The molecule has 0 saturated heterocycles. The number of ether oxygens (including phenoxy) is 1. The average Bonchev–Trinajstić information content (AvgIpc) is 2.40. The maximum absolute atomic E-state index is 9.56. The van der Waals surface area contributed by atoms with Crippen LogP contribution in [0.15, 0.2) is 48.5 Å². The van der Waals surface area contributed by atoms with Crippen molar-refractivity contribution in [2.45, 2.75) is 25.4 Å². The Morgan fingerprint density at radius 2 is 2.05 bits per heavy atom. The molecule has 2 aromatic carbocycles. The minimum atomic E-state index is -0.451. The summed E-state index contributed by atoms with van der Waals surface area (Å²) in [5.74, 6) is 1.34. The van der Waals surface area contributed by atoms with Crippen LogP contribution in [-0.4, -0.2) is 11.7 Å². The third-order valence-electron chi connectivity index (χ3n) is 3.75. The highest BCUT2D eigenvalue weighted by Gasteiger charge is 2.25. The maximum Gasteiger partial charge on any atom is 0.119 e. The molecule has 0 radical (unpaired) electrons. The van der Waals surface area contributed by atoms with Crippen molar-refractivity contribution in [2.24, 2.45) is 0 Å². The van der Waals surface area contributed by atoms with Gasteiger partial charge in [0.25, 0.3) is 0 Å². The molecule has 19 heavy (non-hydrogen) atoms. The van der Waals surface area contributed by atoms with Gasteiger partial charge in [0.1, 0.15) is 5.75 Å². The number of aliphatic hydroxyl groups is 1. The zero-order valence-corrected chi connectivity index (χ0v) is 11.0. The first kappa shape index (κ1) is 12.2. The minimum absolute atomic E-state index is 0.451. The van der Waals surface area contributed by atoms with Crippen LogP contribution < -0.4 is 4.74 Å². The number of hydrogen-bond acceptors (Lipinski definition) is 2. The fourth-order valence-electron chi connectivity index (χ4n) is 2.57. The molecule has 1 unspecified atom stereocenters. The van der Waals surface area contributed by atoms with E-state index in [1.54, 1.807) is 6.92 Å². The molecule has 0 saturated carbocycles. The lowest BCUT2D eigenvalue weighted by Crippen LogP contribution is -2.23. The molecule has 1 N–H and O–H groups in total. The fraction of sp³-hybridized carbons (Fsp3) is 0.294. The second-order valence-corrected chi connectivity index (χ2v) is 5.16. The smallest absolute Gasteiger partial charge is 0.119 e. The molecular weight excluding hydrogens is 236 g/mol. The van der Waals surface area contributed by atoms with Crippen LogP contribution in [-0.2, 0) is 6.42 Å². The van der Waals surface area contributed by atoms with Crippen LogP contribution in [0.5, 0.6) is 5.75 Å². The Hall–Kier alpha value is -1.80. The minimum Gasteiger partial charge on any atom is -0.493 e. The summed E-state index contributed by atoms with van der Waals surface area (Å²) in [6, 6.07) is 16.2. The summed E-state index contributed by atoms with van der Waals surface area (Å²) < 4.78 is 5.85. The number of rotatable bonds is 4. The topological polar surface area (TPSA) is 29.5 Å². The van der Waals surface area contributed by atoms with E-state index >= 15 is 0 Å². The summed E-state index contributed by atoms with van der Waals surface area (Å²) in [5, 5.41) is 9.56. The molecule has 1 aliphatic rings. The molecule has 0 aromatic heterocycles. The summed E-state index contributed by atoms with van der Waals surface area (Å²) in [5.41, 5.74) is 3.74. The average molecular weight is 254 g/mol. The zero-order valence-electron chi connectivity index (χ0n) is 11.0. The molecule has 2 nitrogen and oxygen atoms in total. The lowest BCUT2D eigenvalue weighted by Gasteiger charge is -2.29. The Balaban J connectivity index is 1.63. The van der Waals surface area contributed by atoms with Gasteiger partial charge in [0.15, 0.2) is 0 Å². The van der Waals surface area contributed by atoms with Crippen molar-refractivity contribution >= 4 is 0 Å². The van der Waals surface area contributed by atoms with Crippen molar-refractivity contribution in [3.8, 4) is 5.75 Å². The Kier molecular flexibility index (Phi) is 3.26. The monoisotopic (exact) mass is 254 g/mol. The molecule has 98 valence electrons. The van der Waals surface area contributed by atoms with E-state index < -0.39 is 6.10 Å². The summed E-state index contributed by atoms with van der Waals surface area (Å²) in [6.45, 7) is 2.47. The van der Waals surface area contributed by atoms with E-state index in [1.165, 1.54) is 11.1 Å². The maximum atomic E-state index is 9.56. The van der Waals surface area contributed by atoms with Gasteiger partial charge in [-0.25, -0.2) is 0 Å². The molecule has 0 amide bonds. The third-order valence-corrected chi connectivity index (χ3v) is 3.75. The van der Waals surface area contributed by atoms with Gasteiger partial charge < -0.3 is 9.84 Å². The van der Waals surface area contributed by atoms with Crippen LogP contribution in [0.1, 0.15) is 35.6 Å². The van der Waals surface area contributed by atoms with Gasteiger partial charge in [-0.2, -0.15) is 0 Å². The SMILES string of the molecule is C[C@@H](O)c1cccc(OCC2Cc3ccccc32)c1.